The number of benzene rings is 1. The molecule has 0 bridgehead atoms. The van der Waals surface area contributed by atoms with Gasteiger partial charge in [0.25, 0.3) is 0 Å². The lowest BCUT2D eigenvalue weighted by atomic mass is 10.2. The third kappa shape index (κ3) is 4.59. The lowest BCUT2D eigenvalue weighted by Gasteiger charge is -2.13. The van der Waals surface area contributed by atoms with E-state index in [2.05, 4.69) is 15.6 Å². The SMILES string of the molecule is CN=C(NCCC(F)(F)F)NCc1cc(Cl)c2c(c1)OCO2. The first kappa shape index (κ1) is 16.5. The van der Waals surface area contributed by atoms with Crippen molar-refractivity contribution in [3.63, 3.8) is 0 Å². The molecule has 9 heteroatoms. The van der Waals surface area contributed by atoms with Gasteiger partial charge in [0.2, 0.25) is 6.79 Å². The van der Waals surface area contributed by atoms with E-state index in [0.29, 0.717) is 23.1 Å². The number of ether oxygens (including phenoxy) is 2. The summed E-state index contributed by atoms with van der Waals surface area (Å²) < 4.78 is 46.7. The predicted molar refractivity (Wildman–Crippen MR) is 76.4 cm³/mol. The van der Waals surface area contributed by atoms with E-state index in [1.165, 1.54) is 7.05 Å². The molecule has 0 saturated heterocycles. The van der Waals surface area contributed by atoms with E-state index >= 15 is 0 Å². The zero-order valence-electron chi connectivity index (χ0n) is 11.8. The van der Waals surface area contributed by atoms with Crippen LogP contribution in [0.25, 0.3) is 0 Å². The molecule has 2 rings (SSSR count). The molecule has 22 heavy (non-hydrogen) atoms. The molecule has 1 aliphatic heterocycles. The van der Waals surface area contributed by atoms with Gasteiger partial charge in [-0.1, -0.05) is 11.6 Å². The Labute approximate surface area is 130 Å². The van der Waals surface area contributed by atoms with Crippen LogP contribution in [0.3, 0.4) is 0 Å². The van der Waals surface area contributed by atoms with E-state index < -0.39 is 12.6 Å². The zero-order chi connectivity index (χ0) is 16.2. The van der Waals surface area contributed by atoms with Crippen LogP contribution in [0, 0.1) is 0 Å². The molecular formula is C13H15ClF3N3O2. The minimum absolute atomic E-state index is 0.118. The Balaban J connectivity index is 1.87. The molecule has 1 heterocycles. The van der Waals surface area contributed by atoms with Crippen molar-refractivity contribution in [3.8, 4) is 11.5 Å². The average molecular weight is 338 g/mol. The van der Waals surface area contributed by atoms with Crippen molar-refractivity contribution >= 4 is 17.6 Å². The summed E-state index contributed by atoms with van der Waals surface area (Å²) in [7, 11) is 1.48. The summed E-state index contributed by atoms with van der Waals surface area (Å²) in [5.41, 5.74) is 0.799. The Kier molecular flexibility index (Phi) is 5.23. The number of aliphatic imine (C=N–C) groups is 1. The number of alkyl halides is 3. The lowest BCUT2D eigenvalue weighted by Crippen LogP contribution is -2.38. The summed E-state index contributed by atoms with van der Waals surface area (Å²) >= 11 is 6.05. The van der Waals surface area contributed by atoms with Crippen LogP contribution in [0.4, 0.5) is 13.2 Å². The summed E-state index contributed by atoms with van der Waals surface area (Å²) in [5.74, 6) is 1.32. The molecule has 122 valence electrons. The highest BCUT2D eigenvalue weighted by Crippen LogP contribution is 2.39. The number of hydrogen-bond acceptors (Lipinski definition) is 3. The fourth-order valence-electron chi connectivity index (χ4n) is 1.85. The number of nitrogens with zero attached hydrogens (tertiary/aromatic N) is 1. The number of fused-ring (bicyclic) bond motifs is 1. The van der Waals surface area contributed by atoms with Gasteiger partial charge in [-0.3, -0.25) is 4.99 Å². The largest absolute Gasteiger partial charge is 0.454 e. The van der Waals surface area contributed by atoms with Crippen molar-refractivity contribution < 1.29 is 22.6 Å². The molecule has 2 N–H and O–H groups in total. The van der Waals surface area contributed by atoms with Crippen LogP contribution in [0.5, 0.6) is 11.5 Å². The molecule has 0 unspecified atom stereocenters. The summed E-state index contributed by atoms with van der Waals surface area (Å²) in [6, 6.07) is 3.45. The predicted octanol–water partition coefficient (Wildman–Crippen LogP) is 2.69. The van der Waals surface area contributed by atoms with E-state index in [4.69, 9.17) is 21.1 Å². The first-order valence-corrected chi connectivity index (χ1v) is 6.86. The third-order valence-corrected chi connectivity index (χ3v) is 3.15. The number of halogens is 4. The van der Waals surface area contributed by atoms with Gasteiger partial charge in [-0.25, -0.2) is 0 Å². The van der Waals surface area contributed by atoms with Crippen molar-refractivity contribution in [2.24, 2.45) is 4.99 Å². The monoisotopic (exact) mass is 337 g/mol. The van der Waals surface area contributed by atoms with Gasteiger partial charge < -0.3 is 20.1 Å². The molecular weight excluding hydrogens is 323 g/mol. The van der Waals surface area contributed by atoms with Crippen molar-refractivity contribution in [1.82, 2.24) is 10.6 Å². The Bertz CT molecular complexity index is 564. The van der Waals surface area contributed by atoms with E-state index in [0.717, 1.165) is 5.56 Å². The van der Waals surface area contributed by atoms with Crippen molar-refractivity contribution in [3.05, 3.63) is 22.7 Å². The minimum Gasteiger partial charge on any atom is -0.454 e. The molecule has 0 spiro atoms. The van der Waals surface area contributed by atoms with E-state index in [1.807, 2.05) is 0 Å². The number of guanidine groups is 1. The van der Waals surface area contributed by atoms with Crippen LogP contribution in [0.1, 0.15) is 12.0 Å². The highest BCUT2D eigenvalue weighted by molar-refractivity contribution is 6.32. The van der Waals surface area contributed by atoms with E-state index in [9.17, 15) is 13.2 Å². The maximum atomic E-state index is 12.1. The van der Waals surface area contributed by atoms with Crippen LogP contribution in [0.2, 0.25) is 5.02 Å². The standard InChI is InChI=1S/C13H15ClF3N3O2/c1-18-12(19-3-2-13(15,16)17)20-6-8-4-9(14)11-10(5-8)21-7-22-11/h4-5H,2-3,6-7H2,1H3,(H2,18,19,20). The number of rotatable bonds is 4. The molecule has 1 aliphatic rings. The second-order valence-electron chi connectivity index (χ2n) is 4.53. The Hall–Kier alpha value is -1.83. The quantitative estimate of drug-likeness (QED) is 0.655. The Morgan fingerprint density at radius 1 is 1.32 bits per heavy atom. The molecule has 0 saturated carbocycles. The molecule has 0 aromatic heterocycles. The van der Waals surface area contributed by atoms with Gasteiger partial charge in [-0.05, 0) is 17.7 Å². The molecule has 0 amide bonds. The Morgan fingerprint density at radius 3 is 2.77 bits per heavy atom. The highest BCUT2D eigenvalue weighted by atomic mass is 35.5. The van der Waals surface area contributed by atoms with Gasteiger partial charge in [0.15, 0.2) is 17.5 Å². The minimum atomic E-state index is -4.20. The zero-order valence-corrected chi connectivity index (χ0v) is 12.5. The highest BCUT2D eigenvalue weighted by Gasteiger charge is 2.26. The molecule has 0 atom stereocenters. The number of nitrogens with one attached hydrogen (secondary N) is 2. The number of hydrogen-bond donors (Lipinski definition) is 2. The molecule has 1 aromatic rings. The maximum Gasteiger partial charge on any atom is 0.390 e. The fraction of sp³-hybridized carbons (Fsp3) is 0.462. The first-order chi connectivity index (χ1) is 10.4. The van der Waals surface area contributed by atoms with Gasteiger partial charge in [0.05, 0.1) is 11.4 Å². The summed E-state index contributed by atoms with van der Waals surface area (Å²) in [6.07, 6.45) is -5.12. The van der Waals surface area contributed by atoms with Crippen molar-refractivity contribution in [2.45, 2.75) is 19.1 Å². The molecule has 1 aromatic carbocycles. The normalized spacial score (nSPS) is 14.1. The van der Waals surface area contributed by atoms with E-state index in [-0.39, 0.29) is 19.3 Å². The summed E-state index contributed by atoms with van der Waals surface area (Å²) in [6.45, 7) is 0.208. The van der Waals surface area contributed by atoms with Gasteiger partial charge in [0, 0.05) is 20.1 Å². The molecule has 0 fully saturated rings. The topological polar surface area (TPSA) is 54.9 Å². The fourth-order valence-corrected chi connectivity index (χ4v) is 2.14. The van der Waals surface area contributed by atoms with Crippen LogP contribution in [-0.4, -0.2) is 32.5 Å². The van der Waals surface area contributed by atoms with Crippen LogP contribution in [-0.2, 0) is 6.54 Å². The molecule has 0 radical (unpaired) electrons. The van der Waals surface area contributed by atoms with E-state index in [1.54, 1.807) is 12.1 Å². The lowest BCUT2D eigenvalue weighted by molar-refractivity contribution is -0.132. The van der Waals surface area contributed by atoms with Crippen LogP contribution in [0.15, 0.2) is 17.1 Å². The first-order valence-electron chi connectivity index (χ1n) is 6.48. The van der Waals surface area contributed by atoms with Gasteiger partial charge >= 0.3 is 6.18 Å². The Morgan fingerprint density at radius 2 is 2.09 bits per heavy atom. The maximum absolute atomic E-state index is 12.1. The molecule has 5 nitrogen and oxygen atoms in total. The van der Waals surface area contributed by atoms with Gasteiger partial charge in [0.1, 0.15) is 0 Å². The van der Waals surface area contributed by atoms with Crippen molar-refractivity contribution in [2.75, 3.05) is 20.4 Å². The smallest absolute Gasteiger partial charge is 0.390 e. The summed E-state index contributed by atoms with van der Waals surface area (Å²) in [5, 5.41) is 5.92. The van der Waals surface area contributed by atoms with Crippen LogP contribution >= 0.6 is 11.6 Å². The average Bonchev–Trinajstić information content (AvgIpc) is 2.90. The summed E-state index contributed by atoms with van der Waals surface area (Å²) in [4.78, 5) is 3.86. The second kappa shape index (κ2) is 6.95. The van der Waals surface area contributed by atoms with Crippen LogP contribution < -0.4 is 20.1 Å². The van der Waals surface area contributed by atoms with Gasteiger partial charge in [-0.2, -0.15) is 13.2 Å². The van der Waals surface area contributed by atoms with Gasteiger partial charge in [-0.15, -0.1) is 0 Å². The van der Waals surface area contributed by atoms with Crippen molar-refractivity contribution in [1.29, 1.82) is 0 Å². The second-order valence-corrected chi connectivity index (χ2v) is 4.94. The molecule has 0 aliphatic carbocycles. The third-order valence-electron chi connectivity index (χ3n) is 2.87.